The summed E-state index contributed by atoms with van der Waals surface area (Å²) < 4.78 is 11.1. The van der Waals surface area contributed by atoms with Crippen molar-refractivity contribution in [1.29, 1.82) is 0 Å². The van der Waals surface area contributed by atoms with Crippen molar-refractivity contribution >= 4 is 16.8 Å². The number of H-pyrrole nitrogens is 1. The molecular weight excluding hydrogens is 298 g/mol. The number of morpholine rings is 1. The molecule has 7 heteroatoms. The molecule has 1 amide bonds. The van der Waals surface area contributed by atoms with Crippen molar-refractivity contribution in [1.82, 2.24) is 10.4 Å². The Bertz CT molecular complexity index is 686. The molecule has 1 aliphatic rings. The van der Waals surface area contributed by atoms with Crippen molar-refractivity contribution < 1.29 is 24.5 Å². The topological polar surface area (TPSA) is 85.2 Å². The number of aromatic nitrogens is 1. The highest BCUT2D eigenvalue weighted by Gasteiger charge is 2.12. The lowest BCUT2D eigenvalue weighted by Gasteiger charge is -2.26. The van der Waals surface area contributed by atoms with E-state index in [-0.39, 0.29) is 0 Å². The lowest BCUT2D eigenvalue weighted by Crippen LogP contribution is -2.38. The Morgan fingerprint density at radius 1 is 1.35 bits per heavy atom. The predicted molar refractivity (Wildman–Crippen MR) is 82.5 cm³/mol. The molecule has 1 fully saturated rings. The molecule has 23 heavy (non-hydrogen) atoms. The lowest BCUT2D eigenvalue weighted by molar-refractivity contribution is -0.344. The first-order valence-electron chi connectivity index (χ1n) is 7.59. The largest absolute Gasteiger partial charge is 0.492 e. The number of nitrogens with zero attached hydrogens (tertiary/aromatic N) is 1. The van der Waals surface area contributed by atoms with Crippen LogP contribution in [-0.2, 0) is 4.74 Å². The van der Waals surface area contributed by atoms with Gasteiger partial charge in [-0.25, -0.2) is 10.5 Å². The van der Waals surface area contributed by atoms with E-state index in [4.69, 9.17) is 14.7 Å². The molecule has 3 N–H and O–H groups in total. The zero-order valence-electron chi connectivity index (χ0n) is 12.7. The van der Waals surface area contributed by atoms with Gasteiger partial charge in [-0.3, -0.25) is 14.9 Å². The fraction of sp³-hybridized carbons (Fsp3) is 0.375. The van der Waals surface area contributed by atoms with Gasteiger partial charge in [-0.1, -0.05) is 0 Å². The maximum absolute atomic E-state index is 11.5. The maximum atomic E-state index is 11.5. The molecule has 1 aromatic heterocycles. The third-order valence-electron chi connectivity index (χ3n) is 3.86. The lowest BCUT2D eigenvalue weighted by atomic mass is 10.1. The van der Waals surface area contributed by atoms with Crippen LogP contribution in [0.3, 0.4) is 0 Å². The van der Waals surface area contributed by atoms with Gasteiger partial charge in [0.15, 0.2) is 6.20 Å². The highest BCUT2D eigenvalue weighted by Crippen LogP contribution is 2.19. The smallest absolute Gasteiger partial charge is 0.280 e. The number of amides is 1. The number of hydrogen-bond acceptors (Lipinski definition) is 5. The Hall–Kier alpha value is -2.22. The van der Waals surface area contributed by atoms with E-state index in [1.807, 2.05) is 18.2 Å². The minimum Gasteiger partial charge on any atom is -0.492 e. The summed E-state index contributed by atoms with van der Waals surface area (Å²) >= 11 is 0. The van der Waals surface area contributed by atoms with Gasteiger partial charge in [-0.15, -0.1) is 0 Å². The SMILES string of the molecule is O=C(NO)c1c[nH+]c2ccc(OCCN3CCOCC3)cc2c1. The van der Waals surface area contributed by atoms with Crippen LogP contribution in [0, 0.1) is 0 Å². The van der Waals surface area contributed by atoms with Crippen LogP contribution in [0.15, 0.2) is 30.5 Å². The minimum atomic E-state index is -0.554. The molecule has 2 heterocycles. The number of rotatable bonds is 5. The Morgan fingerprint density at radius 2 is 2.17 bits per heavy atom. The Morgan fingerprint density at radius 3 is 2.96 bits per heavy atom. The molecule has 1 aromatic carbocycles. The van der Waals surface area contributed by atoms with Crippen molar-refractivity contribution in [3.8, 4) is 5.75 Å². The molecule has 0 spiro atoms. The first-order valence-corrected chi connectivity index (χ1v) is 7.59. The number of pyridine rings is 1. The fourth-order valence-electron chi connectivity index (χ4n) is 2.56. The van der Waals surface area contributed by atoms with Crippen molar-refractivity contribution in [2.45, 2.75) is 0 Å². The summed E-state index contributed by atoms with van der Waals surface area (Å²) in [6.07, 6.45) is 1.55. The second-order valence-electron chi connectivity index (χ2n) is 5.38. The van der Waals surface area contributed by atoms with Crippen molar-refractivity contribution in [2.75, 3.05) is 39.5 Å². The monoisotopic (exact) mass is 318 g/mol. The van der Waals surface area contributed by atoms with Crippen LogP contribution in [0.2, 0.25) is 0 Å². The molecule has 0 bridgehead atoms. The van der Waals surface area contributed by atoms with E-state index in [1.54, 1.807) is 17.7 Å². The van der Waals surface area contributed by atoms with Crippen molar-refractivity contribution in [3.63, 3.8) is 0 Å². The molecular formula is C16H20N3O4+. The molecule has 0 radical (unpaired) electrons. The van der Waals surface area contributed by atoms with Crippen LogP contribution < -0.4 is 15.2 Å². The zero-order chi connectivity index (χ0) is 16.1. The summed E-state index contributed by atoms with van der Waals surface area (Å²) in [5.74, 6) is 0.197. The van der Waals surface area contributed by atoms with E-state index in [9.17, 15) is 4.79 Å². The number of benzene rings is 1. The quantitative estimate of drug-likeness (QED) is 0.619. The van der Waals surface area contributed by atoms with Gasteiger partial charge in [0, 0.05) is 25.7 Å². The van der Waals surface area contributed by atoms with E-state index in [0.717, 1.165) is 49.5 Å². The summed E-state index contributed by atoms with van der Waals surface area (Å²) in [6.45, 7) is 4.90. The fourth-order valence-corrected chi connectivity index (χ4v) is 2.56. The molecule has 0 aliphatic carbocycles. The number of carbonyl (C=O) groups is 1. The van der Waals surface area contributed by atoms with Crippen LogP contribution in [0.25, 0.3) is 10.9 Å². The first kappa shape index (κ1) is 15.7. The number of ether oxygens (including phenoxy) is 2. The van der Waals surface area contributed by atoms with Crippen LogP contribution >= 0.6 is 0 Å². The van der Waals surface area contributed by atoms with Crippen LogP contribution in [0.4, 0.5) is 0 Å². The molecule has 0 saturated carbocycles. The van der Waals surface area contributed by atoms with Crippen molar-refractivity contribution in [3.05, 3.63) is 36.0 Å². The minimum absolute atomic E-state index is 0.352. The molecule has 1 saturated heterocycles. The van der Waals surface area contributed by atoms with Crippen LogP contribution in [0.1, 0.15) is 10.4 Å². The molecule has 122 valence electrons. The van der Waals surface area contributed by atoms with E-state index < -0.39 is 5.91 Å². The van der Waals surface area contributed by atoms with E-state index >= 15 is 0 Å². The van der Waals surface area contributed by atoms with E-state index in [1.165, 1.54) is 0 Å². The molecule has 2 aromatic rings. The van der Waals surface area contributed by atoms with Gasteiger partial charge >= 0.3 is 0 Å². The summed E-state index contributed by atoms with van der Waals surface area (Å²) in [4.78, 5) is 16.8. The van der Waals surface area contributed by atoms with E-state index in [2.05, 4.69) is 9.88 Å². The van der Waals surface area contributed by atoms with Gasteiger partial charge in [0.05, 0.1) is 18.6 Å². The number of hydrogen-bond donors (Lipinski definition) is 2. The van der Waals surface area contributed by atoms with Gasteiger partial charge < -0.3 is 9.47 Å². The van der Waals surface area contributed by atoms with Crippen LogP contribution in [-0.4, -0.2) is 55.5 Å². The maximum Gasteiger partial charge on any atom is 0.280 e. The standard InChI is InChI=1S/C16H19N3O4/c20-16(18-21)13-9-12-10-14(1-2-15(12)17-11-13)23-8-5-19-3-6-22-7-4-19/h1-2,9-11,21H,3-8H2,(H,18,20)/p+1. The first-order chi connectivity index (χ1) is 11.3. The highest BCUT2D eigenvalue weighted by atomic mass is 16.5. The summed E-state index contributed by atoms with van der Waals surface area (Å²) in [6, 6.07) is 7.37. The average molecular weight is 318 g/mol. The summed E-state index contributed by atoms with van der Waals surface area (Å²) in [7, 11) is 0. The second-order valence-corrected chi connectivity index (χ2v) is 5.38. The van der Waals surface area contributed by atoms with Gasteiger partial charge in [0.2, 0.25) is 5.52 Å². The highest BCUT2D eigenvalue weighted by molar-refractivity contribution is 5.95. The van der Waals surface area contributed by atoms with Gasteiger partial charge in [-0.05, 0) is 18.2 Å². The van der Waals surface area contributed by atoms with Crippen molar-refractivity contribution in [2.24, 2.45) is 0 Å². The number of carbonyl (C=O) groups excluding carboxylic acids is 1. The van der Waals surface area contributed by atoms with Gasteiger partial charge in [0.25, 0.3) is 5.91 Å². The Labute approximate surface area is 133 Å². The van der Waals surface area contributed by atoms with Crippen LogP contribution in [0.5, 0.6) is 5.75 Å². The Kier molecular flexibility index (Phi) is 5.02. The molecule has 3 rings (SSSR count). The Balaban J connectivity index is 1.65. The van der Waals surface area contributed by atoms with E-state index in [0.29, 0.717) is 12.2 Å². The number of hydroxylamine groups is 1. The average Bonchev–Trinajstić information content (AvgIpc) is 2.61. The van der Waals surface area contributed by atoms with Gasteiger partial charge in [-0.2, -0.15) is 0 Å². The third-order valence-corrected chi connectivity index (χ3v) is 3.86. The summed E-state index contributed by atoms with van der Waals surface area (Å²) in [5.41, 5.74) is 2.87. The molecule has 0 unspecified atom stereocenters. The zero-order valence-corrected chi connectivity index (χ0v) is 12.7. The van der Waals surface area contributed by atoms with Gasteiger partial charge in [0.1, 0.15) is 17.9 Å². The number of nitrogens with one attached hydrogen (secondary N) is 2. The summed E-state index contributed by atoms with van der Waals surface area (Å²) in [5, 5.41) is 9.55. The second kappa shape index (κ2) is 7.36. The number of aromatic amines is 1. The normalized spacial score (nSPS) is 15.5. The predicted octanol–water partition coefficient (Wildman–Crippen LogP) is 0.484. The number of fused-ring (bicyclic) bond motifs is 1. The third kappa shape index (κ3) is 3.95. The molecule has 7 nitrogen and oxygen atoms in total. The molecule has 0 atom stereocenters. The molecule has 1 aliphatic heterocycles.